The SMILES string of the molecule is Cc1cc(C)n(Cc2cccc(C(=O)N3CCCC(c4nc5ccccc5o4)C3)c2)n1. The van der Waals surface area contributed by atoms with Crippen LogP contribution in [-0.2, 0) is 6.54 Å². The number of carbonyl (C=O) groups excluding carboxylic acids is 1. The van der Waals surface area contributed by atoms with Crippen molar-refractivity contribution >= 4 is 17.0 Å². The van der Waals surface area contributed by atoms with Crippen molar-refractivity contribution in [1.82, 2.24) is 19.7 Å². The summed E-state index contributed by atoms with van der Waals surface area (Å²) < 4.78 is 7.96. The fourth-order valence-corrected chi connectivity index (χ4v) is 4.42. The molecule has 5 rings (SSSR count). The zero-order valence-electron chi connectivity index (χ0n) is 17.9. The first-order chi connectivity index (χ1) is 15.1. The zero-order valence-corrected chi connectivity index (χ0v) is 17.9. The summed E-state index contributed by atoms with van der Waals surface area (Å²) in [7, 11) is 0. The van der Waals surface area contributed by atoms with Gasteiger partial charge in [-0.2, -0.15) is 5.10 Å². The van der Waals surface area contributed by atoms with Gasteiger partial charge in [-0.1, -0.05) is 24.3 Å². The van der Waals surface area contributed by atoms with Crippen molar-refractivity contribution in [2.75, 3.05) is 13.1 Å². The molecule has 2 aromatic heterocycles. The van der Waals surface area contributed by atoms with Crippen molar-refractivity contribution in [2.24, 2.45) is 0 Å². The smallest absolute Gasteiger partial charge is 0.253 e. The lowest BCUT2D eigenvalue weighted by Gasteiger charge is -2.31. The molecule has 3 heterocycles. The topological polar surface area (TPSA) is 64.2 Å². The van der Waals surface area contributed by atoms with E-state index < -0.39 is 0 Å². The molecule has 158 valence electrons. The number of aryl methyl sites for hydroxylation is 2. The van der Waals surface area contributed by atoms with Crippen LogP contribution in [0, 0.1) is 13.8 Å². The first-order valence-electron chi connectivity index (χ1n) is 10.8. The van der Waals surface area contributed by atoms with Gasteiger partial charge in [-0.25, -0.2) is 4.98 Å². The number of rotatable bonds is 4. The molecule has 1 saturated heterocycles. The zero-order chi connectivity index (χ0) is 21.4. The van der Waals surface area contributed by atoms with Crippen molar-refractivity contribution in [2.45, 2.75) is 39.2 Å². The summed E-state index contributed by atoms with van der Waals surface area (Å²) in [6.07, 6.45) is 1.93. The number of benzene rings is 2. The quantitative estimate of drug-likeness (QED) is 0.485. The fourth-order valence-electron chi connectivity index (χ4n) is 4.42. The summed E-state index contributed by atoms with van der Waals surface area (Å²) in [4.78, 5) is 19.9. The van der Waals surface area contributed by atoms with Crippen LogP contribution in [0.5, 0.6) is 0 Å². The molecule has 1 unspecified atom stereocenters. The highest BCUT2D eigenvalue weighted by molar-refractivity contribution is 5.94. The van der Waals surface area contributed by atoms with Crippen molar-refractivity contribution < 1.29 is 9.21 Å². The Bertz CT molecular complexity index is 1210. The predicted octanol–water partition coefficient (Wildman–Crippen LogP) is 4.71. The minimum absolute atomic E-state index is 0.0658. The molecule has 4 aromatic rings. The number of oxazole rings is 1. The van der Waals surface area contributed by atoms with E-state index in [0.29, 0.717) is 13.1 Å². The highest BCUT2D eigenvalue weighted by atomic mass is 16.3. The van der Waals surface area contributed by atoms with Crippen LogP contribution in [0.1, 0.15) is 52.0 Å². The molecule has 1 aliphatic heterocycles. The monoisotopic (exact) mass is 414 g/mol. The van der Waals surface area contributed by atoms with Crippen LogP contribution in [0.25, 0.3) is 11.1 Å². The Morgan fingerprint density at radius 3 is 2.81 bits per heavy atom. The van der Waals surface area contributed by atoms with E-state index in [1.807, 2.05) is 65.0 Å². The summed E-state index contributed by atoms with van der Waals surface area (Å²) in [5.41, 5.74) is 5.59. The molecule has 6 heteroatoms. The summed E-state index contributed by atoms with van der Waals surface area (Å²) >= 11 is 0. The molecule has 31 heavy (non-hydrogen) atoms. The highest BCUT2D eigenvalue weighted by Crippen LogP contribution is 2.29. The molecule has 1 atom stereocenters. The van der Waals surface area contributed by atoms with Crippen LogP contribution < -0.4 is 0 Å². The molecule has 1 amide bonds. The standard InChI is InChI=1S/C25H26N4O2/c1-17-13-18(2)29(27-17)15-19-7-5-8-20(14-19)25(30)28-12-6-9-21(16-28)24-26-22-10-3-4-11-23(22)31-24/h3-5,7-8,10-11,13-14,21H,6,9,12,15-16H2,1-2H3. The molecule has 0 saturated carbocycles. The number of amides is 1. The van der Waals surface area contributed by atoms with Gasteiger partial charge in [-0.05, 0) is 62.6 Å². The lowest BCUT2D eigenvalue weighted by molar-refractivity contribution is 0.0699. The van der Waals surface area contributed by atoms with Gasteiger partial charge >= 0.3 is 0 Å². The maximum atomic E-state index is 13.3. The predicted molar refractivity (Wildman–Crippen MR) is 119 cm³/mol. The van der Waals surface area contributed by atoms with E-state index in [-0.39, 0.29) is 11.8 Å². The van der Waals surface area contributed by atoms with Gasteiger partial charge in [-0.15, -0.1) is 0 Å². The van der Waals surface area contributed by atoms with Crippen molar-refractivity contribution in [3.63, 3.8) is 0 Å². The number of hydrogen-bond donors (Lipinski definition) is 0. The van der Waals surface area contributed by atoms with E-state index in [0.717, 1.165) is 58.9 Å². The summed E-state index contributed by atoms with van der Waals surface area (Å²) in [5, 5.41) is 4.54. The lowest BCUT2D eigenvalue weighted by Crippen LogP contribution is -2.39. The molecule has 0 N–H and O–H groups in total. The second kappa shape index (κ2) is 8.02. The molecule has 1 aliphatic rings. The van der Waals surface area contributed by atoms with Gasteiger partial charge in [0.1, 0.15) is 5.52 Å². The summed E-state index contributed by atoms with van der Waals surface area (Å²) in [6.45, 7) is 6.10. The molecule has 2 aromatic carbocycles. The molecular weight excluding hydrogens is 388 g/mol. The van der Waals surface area contributed by atoms with Gasteiger partial charge in [0.25, 0.3) is 5.91 Å². The third-order valence-electron chi connectivity index (χ3n) is 5.98. The van der Waals surface area contributed by atoms with Gasteiger partial charge in [-0.3, -0.25) is 9.48 Å². The van der Waals surface area contributed by atoms with E-state index in [1.54, 1.807) is 0 Å². The Hall–Kier alpha value is -3.41. The number of likely N-dealkylation sites (tertiary alicyclic amines) is 1. The fraction of sp³-hybridized carbons (Fsp3) is 0.320. The Balaban J connectivity index is 1.33. The van der Waals surface area contributed by atoms with Crippen molar-refractivity contribution in [3.8, 4) is 0 Å². The summed E-state index contributed by atoms with van der Waals surface area (Å²) in [5.74, 6) is 0.927. The van der Waals surface area contributed by atoms with Crippen LogP contribution >= 0.6 is 0 Å². The van der Waals surface area contributed by atoms with E-state index in [2.05, 4.69) is 23.1 Å². The Morgan fingerprint density at radius 1 is 1.13 bits per heavy atom. The maximum absolute atomic E-state index is 13.3. The number of nitrogens with zero attached hydrogens (tertiary/aromatic N) is 4. The molecule has 1 fully saturated rings. The third kappa shape index (κ3) is 3.98. The Kier molecular flexibility index (Phi) is 5.06. The van der Waals surface area contributed by atoms with Crippen molar-refractivity contribution in [1.29, 1.82) is 0 Å². The normalized spacial score (nSPS) is 16.7. The van der Waals surface area contributed by atoms with Crippen LogP contribution in [0.2, 0.25) is 0 Å². The number of carbonyl (C=O) groups is 1. The molecule has 0 bridgehead atoms. The minimum atomic E-state index is 0.0658. The Labute approximate surface area is 181 Å². The molecule has 0 spiro atoms. The second-order valence-corrected chi connectivity index (χ2v) is 8.40. The van der Waals surface area contributed by atoms with Gasteiger partial charge in [0, 0.05) is 24.3 Å². The van der Waals surface area contributed by atoms with Gasteiger partial charge in [0.2, 0.25) is 0 Å². The lowest BCUT2D eigenvalue weighted by atomic mass is 9.97. The Morgan fingerprint density at radius 2 is 2.00 bits per heavy atom. The van der Waals surface area contributed by atoms with Gasteiger partial charge in [0.05, 0.1) is 18.2 Å². The molecular formula is C25H26N4O2. The van der Waals surface area contributed by atoms with Crippen LogP contribution in [-0.4, -0.2) is 38.7 Å². The first-order valence-corrected chi connectivity index (χ1v) is 10.8. The largest absolute Gasteiger partial charge is 0.440 e. The number of para-hydroxylation sites is 2. The number of aromatic nitrogens is 3. The number of piperidine rings is 1. The van der Waals surface area contributed by atoms with Crippen LogP contribution in [0.4, 0.5) is 0 Å². The number of hydrogen-bond acceptors (Lipinski definition) is 4. The average molecular weight is 415 g/mol. The van der Waals surface area contributed by atoms with Gasteiger partial charge < -0.3 is 9.32 Å². The van der Waals surface area contributed by atoms with E-state index in [4.69, 9.17) is 4.42 Å². The van der Waals surface area contributed by atoms with Crippen LogP contribution in [0.15, 0.2) is 59.0 Å². The van der Waals surface area contributed by atoms with Crippen molar-refractivity contribution in [3.05, 3.63) is 83.0 Å². The van der Waals surface area contributed by atoms with Gasteiger partial charge in [0.15, 0.2) is 11.5 Å². The maximum Gasteiger partial charge on any atom is 0.253 e. The van der Waals surface area contributed by atoms with E-state index in [1.165, 1.54) is 0 Å². The second-order valence-electron chi connectivity index (χ2n) is 8.40. The average Bonchev–Trinajstić information content (AvgIpc) is 3.36. The van der Waals surface area contributed by atoms with E-state index >= 15 is 0 Å². The highest BCUT2D eigenvalue weighted by Gasteiger charge is 2.28. The molecule has 0 radical (unpaired) electrons. The third-order valence-corrected chi connectivity index (χ3v) is 5.98. The minimum Gasteiger partial charge on any atom is -0.440 e. The van der Waals surface area contributed by atoms with Crippen LogP contribution in [0.3, 0.4) is 0 Å². The first kappa shape index (κ1) is 19.5. The molecule has 0 aliphatic carbocycles. The number of fused-ring (bicyclic) bond motifs is 1. The van der Waals surface area contributed by atoms with E-state index in [9.17, 15) is 4.79 Å². The molecule has 6 nitrogen and oxygen atoms in total. The summed E-state index contributed by atoms with van der Waals surface area (Å²) in [6, 6.07) is 17.8.